The van der Waals surface area contributed by atoms with Gasteiger partial charge in [-0.15, -0.1) is 0 Å². The van der Waals surface area contributed by atoms with Gasteiger partial charge in [0.2, 0.25) is 5.78 Å². The first-order chi connectivity index (χ1) is 13.7. The van der Waals surface area contributed by atoms with Crippen molar-refractivity contribution in [1.82, 2.24) is 0 Å². The molecule has 0 radical (unpaired) electrons. The normalized spacial score (nSPS) is 10.9. The van der Waals surface area contributed by atoms with Gasteiger partial charge in [-0.2, -0.15) is 0 Å². The van der Waals surface area contributed by atoms with Crippen molar-refractivity contribution in [3.63, 3.8) is 0 Å². The van der Waals surface area contributed by atoms with Crippen molar-refractivity contribution in [2.45, 2.75) is 5.92 Å². The van der Waals surface area contributed by atoms with Crippen LogP contribution in [0, 0.1) is 0 Å². The maximum atomic E-state index is 12.8. The summed E-state index contributed by atoms with van der Waals surface area (Å²) in [4.78, 5) is 25.3. The molecule has 0 aliphatic carbocycles. The number of ketones is 1. The minimum atomic E-state index is -0.592. The summed E-state index contributed by atoms with van der Waals surface area (Å²) < 4.78 is 10.9. The van der Waals surface area contributed by atoms with Crippen LogP contribution < -0.4 is 0 Å². The van der Waals surface area contributed by atoms with E-state index in [-0.39, 0.29) is 18.2 Å². The summed E-state index contributed by atoms with van der Waals surface area (Å²) in [5.74, 6) is -1.25. The highest BCUT2D eigenvalue weighted by atomic mass is 16.5. The molecule has 1 aromatic heterocycles. The summed E-state index contributed by atoms with van der Waals surface area (Å²) in [5.41, 5.74) is 2.26. The Balaban J connectivity index is 1.52. The Kier molecular flexibility index (Phi) is 5.02. The van der Waals surface area contributed by atoms with E-state index in [2.05, 4.69) is 0 Å². The molecular formula is C24H18O4. The molecule has 4 aromatic rings. The number of carbonyl (C=O) groups is 2. The summed E-state index contributed by atoms with van der Waals surface area (Å²) in [7, 11) is 0. The van der Waals surface area contributed by atoms with E-state index < -0.39 is 11.9 Å². The molecule has 1 heterocycles. The van der Waals surface area contributed by atoms with Crippen LogP contribution in [0.4, 0.5) is 0 Å². The van der Waals surface area contributed by atoms with Crippen molar-refractivity contribution in [1.29, 1.82) is 0 Å². The van der Waals surface area contributed by atoms with Gasteiger partial charge in [-0.05, 0) is 23.3 Å². The molecule has 138 valence electrons. The molecule has 0 amide bonds. The highest BCUT2D eigenvalue weighted by molar-refractivity contribution is 5.99. The van der Waals surface area contributed by atoms with E-state index in [0.717, 1.165) is 16.5 Å². The van der Waals surface area contributed by atoms with Gasteiger partial charge in [0, 0.05) is 5.39 Å². The number of Topliss-reactive ketones (excluding diaryl/α,β-unsaturated/α-hetero) is 1. The Morgan fingerprint density at radius 2 is 1.36 bits per heavy atom. The molecule has 4 rings (SSSR count). The molecule has 0 bridgehead atoms. The average molecular weight is 370 g/mol. The van der Waals surface area contributed by atoms with Crippen LogP contribution >= 0.6 is 0 Å². The van der Waals surface area contributed by atoms with Gasteiger partial charge in [-0.25, -0.2) is 0 Å². The molecule has 0 N–H and O–H groups in total. The van der Waals surface area contributed by atoms with Gasteiger partial charge >= 0.3 is 5.97 Å². The number of esters is 1. The molecular weight excluding hydrogens is 352 g/mol. The summed E-state index contributed by atoms with van der Waals surface area (Å²) in [6.07, 6.45) is 0. The maximum absolute atomic E-state index is 12.8. The van der Waals surface area contributed by atoms with E-state index in [4.69, 9.17) is 9.15 Å². The summed E-state index contributed by atoms with van der Waals surface area (Å²) >= 11 is 0. The number of hydrogen-bond acceptors (Lipinski definition) is 4. The summed E-state index contributed by atoms with van der Waals surface area (Å²) in [5, 5.41) is 0.837. The molecule has 28 heavy (non-hydrogen) atoms. The van der Waals surface area contributed by atoms with Crippen molar-refractivity contribution in [3.8, 4) is 0 Å². The molecule has 0 spiro atoms. The van der Waals surface area contributed by atoms with Crippen LogP contribution in [0.5, 0.6) is 0 Å². The van der Waals surface area contributed by atoms with E-state index in [1.807, 2.05) is 78.9 Å². The Labute approximate surface area is 162 Å². The van der Waals surface area contributed by atoms with Gasteiger partial charge in [0.15, 0.2) is 12.4 Å². The first-order valence-electron chi connectivity index (χ1n) is 9.00. The second-order valence-electron chi connectivity index (χ2n) is 6.43. The highest BCUT2D eigenvalue weighted by Crippen LogP contribution is 2.26. The fourth-order valence-electron chi connectivity index (χ4n) is 3.17. The third kappa shape index (κ3) is 3.71. The smallest absolute Gasteiger partial charge is 0.318 e. The number of para-hydroxylation sites is 1. The average Bonchev–Trinajstić information content (AvgIpc) is 3.18. The third-order valence-electron chi connectivity index (χ3n) is 4.55. The van der Waals surface area contributed by atoms with Gasteiger partial charge < -0.3 is 9.15 Å². The monoisotopic (exact) mass is 370 g/mol. The van der Waals surface area contributed by atoms with Gasteiger partial charge in [0.25, 0.3) is 0 Å². The van der Waals surface area contributed by atoms with E-state index in [1.54, 1.807) is 12.1 Å². The highest BCUT2D eigenvalue weighted by Gasteiger charge is 2.25. The van der Waals surface area contributed by atoms with Crippen LogP contribution in [0.1, 0.15) is 27.6 Å². The minimum absolute atomic E-state index is 0.185. The van der Waals surface area contributed by atoms with E-state index in [9.17, 15) is 9.59 Å². The largest absolute Gasteiger partial charge is 0.456 e. The Morgan fingerprint density at radius 1 is 0.786 bits per heavy atom. The fourth-order valence-corrected chi connectivity index (χ4v) is 3.17. The van der Waals surface area contributed by atoms with Crippen LogP contribution in [0.3, 0.4) is 0 Å². The molecule has 0 saturated heterocycles. The maximum Gasteiger partial charge on any atom is 0.318 e. The van der Waals surface area contributed by atoms with Crippen LogP contribution in [0.25, 0.3) is 11.0 Å². The molecule has 3 aromatic carbocycles. The van der Waals surface area contributed by atoms with Crippen molar-refractivity contribution >= 4 is 22.7 Å². The van der Waals surface area contributed by atoms with Gasteiger partial charge in [-0.3, -0.25) is 9.59 Å². The molecule has 0 saturated carbocycles. The topological polar surface area (TPSA) is 56.5 Å². The number of fused-ring (bicyclic) bond motifs is 1. The van der Waals surface area contributed by atoms with Crippen LogP contribution in [-0.2, 0) is 9.53 Å². The van der Waals surface area contributed by atoms with Gasteiger partial charge in [0.05, 0.1) is 0 Å². The zero-order chi connectivity index (χ0) is 19.3. The quantitative estimate of drug-likeness (QED) is 0.354. The third-order valence-corrected chi connectivity index (χ3v) is 4.55. The summed E-state index contributed by atoms with van der Waals surface area (Å²) in [6, 6.07) is 27.8. The second kappa shape index (κ2) is 7.92. The van der Waals surface area contributed by atoms with Gasteiger partial charge in [0.1, 0.15) is 11.5 Å². The SMILES string of the molecule is O=C(COC(=O)C(c1ccccc1)c1ccccc1)c1cc2ccccc2o1. The standard InChI is InChI=1S/C24H18O4/c25-20(22-15-19-13-7-8-14-21(19)28-22)16-27-24(26)23(17-9-3-1-4-10-17)18-11-5-2-6-12-18/h1-15,23H,16H2. The molecule has 0 atom stereocenters. The van der Waals surface area contributed by atoms with Crippen molar-refractivity contribution in [3.05, 3.63) is 108 Å². The zero-order valence-corrected chi connectivity index (χ0v) is 15.1. The van der Waals surface area contributed by atoms with Crippen molar-refractivity contribution in [2.75, 3.05) is 6.61 Å². The van der Waals surface area contributed by atoms with Gasteiger partial charge in [-0.1, -0.05) is 78.9 Å². The van der Waals surface area contributed by atoms with Crippen molar-refractivity contribution in [2.24, 2.45) is 0 Å². The minimum Gasteiger partial charge on any atom is -0.456 e. The molecule has 4 heteroatoms. The van der Waals surface area contributed by atoms with Crippen molar-refractivity contribution < 1.29 is 18.7 Å². The second-order valence-corrected chi connectivity index (χ2v) is 6.43. The van der Waals surface area contributed by atoms with Crippen LogP contribution in [-0.4, -0.2) is 18.4 Å². The predicted molar refractivity (Wildman–Crippen MR) is 106 cm³/mol. The molecule has 0 aliphatic heterocycles. The molecule has 0 aliphatic rings. The molecule has 4 nitrogen and oxygen atoms in total. The lowest BCUT2D eigenvalue weighted by Gasteiger charge is -2.16. The predicted octanol–water partition coefficient (Wildman–Crippen LogP) is 4.99. The lowest BCUT2D eigenvalue weighted by molar-refractivity contribution is -0.143. The number of furan rings is 1. The molecule has 0 fully saturated rings. The summed E-state index contributed by atoms with van der Waals surface area (Å²) in [6.45, 7) is -0.366. The Morgan fingerprint density at radius 3 is 1.96 bits per heavy atom. The zero-order valence-electron chi connectivity index (χ0n) is 15.1. The first kappa shape index (κ1) is 17.7. The number of benzene rings is 3. The van der Waals surface area contributed by atoms with E-state index in [1.165, 1.54) is 0 Å². The van der Waals surface area contributed by atoms with Crippen LogP contribution in [0.2, 0.25) is 0 Å². The van der Waals surface area contributed by atoms with E-state index >= 15 is 0 Å². The first-order valence-corrected chi connectivity index (χ1v) is 9.00. The number of ether oxygens (including phenoxy) is 1. The fraction of sp³-hybridized carbons (Fsp3) is 0.0833. The Bertz CT molecular complexity index is 1020. The lowest BCUT2D eigenvalue weighted by Crippen LogP contribution is -2.21. The van der Waals surface area contributed by atoms with Crippen LogP contribution in [0.15, 0.2) is 95.4 Å². The molecule has 0 unspecified atom stereocenters. The van der Waals surface area contributed by atoms with E-state index in [0.29, 0.717) is 5.58 Å². The number of rotatable bonds is 6. The Hall–Kier alpha value is -3.66. The number of hydrogen-bond donors (Lipinski definition) is 0. The lowest BCUT2D eigenvalue weighted by atomic mass is 9.91. The number of carbonyl (C=O) groups excluding carboxylic acids is 2.